The van der Waals surface area contributed by atoms with Crippen LogP contribution in [0.1, 0.15) is 17.5 Å². The summed E-state index contributed by atoms with van der Waals surface area (Å²) in [6.07, 6.45) is 2.84. The zero-order valence-electron chi connectivity index (χ0n) is 22.6. The molecule has 0 spiro atoms. The van der Waals surface area contributed by atoms with Crippen LogP contribution < -0.4 is 9.80 Å². The Bertz CT molecular complexity index is 1530. The number of aryl methyl sites for hydroxylation is 1. The summed E-state index contributed by atoms with van der Waals surface area (Å²) >= 11 is 1.30. The Balaban J connectivity index is 1.44. The molecule has 39 heavy (non-hydrogen) atoms. The molecule has 1 saturated heterocycles. The number of amides is 1. The molecule has 0 unspecified atom stereocenters. The highest BCUT2D eigenvalue weighted by atomic mass is 32.1. The molecule has 4 heterocycles. The molecule has 202 valence electrons. The van der Waals surface area contributed by atoms with Gasteiger partial charge in [-0.2, -0.15) is 5.26 Å². The van der Waals surface area contributed by atoms with Gasteiger partial charge in [-0.3, -0.25) is 14.1 Å². The van der Waals surface area contributed by atoms with Crippen molar-refractivity contribution >= 4 is 39.5 Å². The van der Waals surface area contributed by atoms with Crippen molar-refractivity contribution in [2.24, 2.45) is 0 Å². The van der Waals surface area contributed by atoms with E-state index in [1.165, 1.54) is 23.5 Å². The normalized spacial score (nSPS) is 14.0. The smallest absolute Gasteiger partial charge is 0.236 e. The van der Waals surface area contributed by atoms with Crippen molar-refractivity contribution in [1.29, 1.82) is 5.26 Å². The SMILES string of the molecule is CCc1nc2ccc(N3CCN(CC(=O)N(C)C)CC3)cn2c1N(C)c1nc(-c2ccc(F)cc2)c(C#N)s1. The van der Waals surface area contributed by atoms with Gasteiger partial charge in [-0.1, -0.05) is 18.3 Å². The number of hydrogen-bond donors (Lipinski definition) is 0. The molecular weight excluding hydrogens is 515 g/mol. The maximum Gasteiger partial charge on any atom is 0.236 e. The summed E-state index contributed by atoms with van der Waals surface area (Å²) in [6.45, 7) is 5.79. The van der Waals surface area contributed by atoms with Crippen LogP contribution >= 0.6 is 11.3 Å². The predicted molar refractivity (Wildman–Crippen MR) is 152 cm³/mol. The van der Waals surface area contributed by atoms with Gasteiger partial charge in [0.25, 0.3) is 0 Å². The van der Waals surface area contributed by atoms with Gasteiger partial charge in [0.1, 0.15) is 33.9 Å². The van der Waals surface area contributed by atoms with Crippen molar-refractivity contribution in [2.45, 2.75) is 13.3 Å². The molecule has 9 nitrogen and oxygen atoms in total. The molecule has 5 rings (SSSR count). The number of imidazole rings is 1. The average molecular weight is 547 g/mol. The molecule has 0 N–H and O–H groups in total. The number of rotatable bonds is 7. The molecule has 0 radical (unpaired) electrons. The highest BCUT2D eigenvalue weighted by Crippen LogP contribution is 2.37. The second-order valence-corrected chi connectivity index (χ2v) is 10.7. The molecule has 0 bridgehead atoms. The fraction of sp³-hybridized carbons (Fsp3) is 0.357. The number of thiazole rings is 1. The number of carbonyl (C=O) groups is 1. The summed E-state index contributed by atoms with van der Waals surface area (Å²) in [5.74, 6) is 0.684. The first-order chi connectivity index (χ1) is 18.8. The van der Waals surface area contributed by atoms with Crippen LogP contribution in [-0.4, -0.2) is 83.9 Å². The number of aromatic nitrogens is 3. The van der Waals surface area contributed by atoms with Crippen molar-refractivity contribution in [2.75, 3.05) is 63.7 Å². The summed E-state index contributed by atoms with van der Waals surface area (Å²) in [5, 5.41) is 10.4. The number of fused-ring (bicyclic) bond motifs is 1. The van der Waals surface area contributed by atoms with Gasteiger partial charge in [-0.15, -0.1) is 0 Å². The first-order valence-electron chi connectivity index (χ1n) is 12.9. The van der Waals surface area contributed by atoms with Gasteiger partial charge >= 0.3 is 0 Å². The highest BCUT2D eigenvalue weighted by molar-refractivity contribution is 7.16. The third-order valence-corrected chi connectivity index (χ3v) is 8.05. The maximum absolute atomic E-state index is 13.5. The van der Waals surface area contributed by atoms with Crippen LogP contribution in [0.3, 0.4) is 0 Å². The van der Waals surface area contributed by atoms with Gasteiger partial charge in [0.2, 0.25) is 5.91 Å². The van der Waals surface area contributed by atoms with Crippen molar-refractivity contribution in [3.8, 4) is 17.3 Å². The molecule has 1 fully saturated rings. The third-order valence-electron chi connectivity index (χ3n) is 7.02. The summed E-state index contributed by atoms with van der Waals surface area (Å²) < 4.78 is 15.6. The van der Waals surface area contributed by atoms with E-state index in [-0.39, 0.29) is 11.7 Å². The van der Waals surface area contributed by atoms with Crippen LogP contribution in [0, 0.1) is 17.1 Å². The standard InChI is InChI=1S/C28H31FN8OS/c1-5-22-27(34(4)28-32-26(23(16-30)39-28)19-6-8-20(29)9-7-19)37-17-21(10-11-24(37)31-22)36-14-12-35(13-15-36)18-25(38)33(2)3/h6-11,17H,5,12-15,18H2,1-4H3. The minimum absolute atomic E-state index is 0.118. The van der Waals surface area contributed by atoms with E-state index in [1.807, 2.05) is 18.0 Å². The van der Waals surface area contributed by atoms with E-state index in [0.29, 0.717) is 27.8 Å². The van der Waals surface area contributed by atoms with Crippen LogP contribution in [0.4, 0.5) is 21.0 Å². The predicted octanol–water partition coefficient (Wildman–Crippen LogP) is 4.01. The molecule has 1 aliphatic heterocycles. The van der Waals surface area contributed by atoms with Crippen molar-refractivity contribution in [3.05, 3.63) is 59.0 Å². The summed E-state index contributed by atoms with van der Waals surface area (Å²) in [6, 6.07) is 12.4. The summed E-state index contributed by atoms with van der Waals surface area (Å²) in [5.41, 5.74) is 4.09. The molecule has 1 aliphatic rings. The maximum atomic E-state index is 13.5. The second kappa shape index (κ2) is 11.0. The number of hydrogen-bond acceptors (Lipinski definition) is 8. The summed E-state index contributed by atoms with van der Waals surface area (Å²) in [7, 11) is 5.51. The second-order valence-electron chi connectivity index (χ2n) is 9.75. The molecule has 1 aromatic carbocycles. The van der Waals surface area contributed by atoms with Crippen LogP contribution in [0.5, 0.6) is 0 Å². The van der Waals surface area contributed by atoms with Gasteiger partial charge in [-0.05, 0) is 42.8 Å². The zero-order chi connectivity index (χ0) is 27.7. The van der Waals surface area contributed by atoms with Crippen LogP contribution in [0.2, 0.25) is 0 Å². The van der Waals surface area contributed by atoms with Crippen molar-refractivity contribution in [1.82, 2.24) is 24.2 Å². The Morgan fingerprint density at radius 1 is 1.08 bits per heavy atom. The lowest BCUT2D eigenvalue weighted by Crippen LogP contribution is -2.49. The van der Waals surface area contributed by atoms with E-state index in [1.54, 1.807) is 31.1 Å². The minimum Gasteiger partial charge on any atom is -0.368 e. The molecular formula is C28H31FN8OS. The number of benzene rings is 1. The molecule has 0 aliphatic carbocycles. The Morgan fingerprint density at radius 3 is 2.44 bits per heavy atom. The van der Waals surface area contributed by atoms with Gasteiger partial charge < -0.3 is 14.7 Å². The lowest BCUT2D eigenvalue weighted by atomic mass is 10.1. The van der Waals surface area contributed by atoms with Gasteiger partial charge in [0.05, 0.1) is 17.9 Å². The Labute approximate surface area is 231 Å². The third kappa shape index (κ3) is 5.30. The van der Waals surface area contributed by atoms with Gasteiger partial charge in [0.15, 0.2) is 5.13 Å². The van der Waals surface area contributed by atoms with Crippen LogP contribution in [0.15, 0.2) is 42.6 Å². The number of halogens is 1. The van der Waals surface area contributed by atoms with E-state index in [9.17, 15) is 14.4 Å². The number of likely N-dealkylation sites (N-methyl/N-ethyl adjacent to an activating group) is 1. The lowest BCUT2D eigenvalue weighted by molar-refractivity contribution is -0.129. The van der Waals surface area contributed by atoms with E-state index in [4.69, 9.17) is 9.97 Å². The van der Waals surface area contributed by atoms with Crippen molar-refractivity contribution < 1.29 is 9.18 Å². The fourth-order valence-electron chi connectivity index (χ4n) is 4.77. The van der Waals surface area contributed by atoms with E-state index in [2.05, 4.69) is 39.5 Å². The summed E-state index contributed by atoms with van der Waals surface area (Å²) in [4.78, 5) is 30.4. The molecule has 1 amide bonds. The number of carbonyl (C=O) groups excluding carboxylic acids is 1. The van der Waals surface area contributed by atoms with E-state index in [0.717, 1.165) is 55.4 Å². The monoisotopic (exact) mass is 546 g/mol. The fourth-order valence-corrected chi connectivity index (χ4v) is 5.62. The van der Waals surface area contributed by atoms with Crippen molar-refractivity contribution in [3.63, 3.8) is 0 Å². The first kappa shape index (κ1) is 26.6. The first-order valence-corrected chi connectivity index (χ1v) is 13.7. The quantitative estimate of drug-likeness (QED) is 0.346. The number of nitriles is 1. The number of piperazine rings is 1. The lowest BCUT2D eigenvalue weighted by Gasteiger charge is -2.36. The minimum atomic E-state index is -0.331. The van der Waals surface area contributed by atoms with E-state index < -0.39 is 0 Å². The topological polar surface area (TPSA) is 84.0 Å². The largest absolute Gasteiger partial charge is 0.368 e. The molecule has 0 saturated carbocycles. The zero-order valence-corrected chi connectivity index (χ0v) is 23.4. The Hall–Kier alpha value is -4.01. The number of anilines is 3. The average Bonchev–Trinajstić information content (AvgIpc) is 3.54. The molecule has 4 aromatic rings. The molecule has 0 atom stereocenters. The van der Waals surface area contributed by atoms with Gasteiger partial charge in [0, 0.05) is 59.1 Å². The highest BCUT2D eigenvalue weighted by Gasteiger charge is 2.24. The molecule has 3 aromatic heterocycles. The van der Waals surface area contributed by atoms with E-state index >= 15 is 0 Å². The van der Waals surface area contributed by atoms with Crippen LogP contribution in [0.25, 0.3) is 16.9 Å². The molecule has 11 heteroatoms. The Morgan fingerprint density at radius 2 is 1.79 bits per heavy atom. The number of nitrogens with zero attached hydrogens (tertiary/aromatic N) is 8. The van der Waals surface area contributed by atoms with Gasteiger partial charge in [-0.25, -0.2) is 14.4 Å². The number of pyridine rings is 1. The Kier molecular flexibility index (Phi) is 7.50. The van der Waals surface area contributed by atoms with Crippen LogP contribution in [-0.2, 0) is 11.2 Å².